The third-order valence-corrected chi connectivity index (χ3v) is 4.24. The number of pyridine rings is 1. The quantitative estimate of drug-likeness (QED) is 0.528. The number of benzene rings is 1. The highest BCUT2D eigenvalue weighted by molar-refractivity contribution is 5.82. The first-order valence-electron chi connectivity index (χ1n) is 8.03. The van der Waals surface area contributed by atoms with Gasteiger partial charge in [-0.3, -0.25) is 0 Å². The number of ether oxygens (including phenoxy) is 1. The Morgan fingerprint density at radius 1 is 1.00 bits per heavy atom. The topological polar surface area (TPSA) is 61.0 Å². The van der Waals surface area contributed by atoms with Gasteiger partial charge in [0.25, 0.3) is 0 Å². The van der Waals surface area contributed by atoms with Crippen LogP contribution in [0.5, 0.6) is 11.6 Å². The summed E-state index contributed by atoms with van der Waals surface area (Å²) in [5, 5.41) is 9.04. The minimum atomic E-state index is 0.538. The van der Waals surface area contributed by atoms with Crippen molar-refractivity contribution in [3.05, 3.63) is 65.8 Å². The zero-order valence-electron chi connectivity index (χ0n) is 14.3. The van der Waals surface area contributed by atoms with E-state index < -0.39 is 0 Å². The molecule has 0 spiro atoms. The number of rotatable bonds is 3. The van der Waals surface area contributed by atoms with Crippen molar-refractivity contribution in [2.45, 2.75) is 20.8 Å². The molecule has 0 aliphatic carbocycles. The molecule has 25 heavy (non-hydrogen) atoms. The zero-order chi connectivity index (χ0) is 17.4. The van der Waals surface area contributed by atoms with Crippen LogP contribution in [0.1, 0.15) is 16.8 Å². The number of hydrogen-bond donors (Lipinski definition) is 0. The van der Waals surface area contributed by atoms with Crippen LogP contribution in [0, 0.1) is 20.8 Å². The van der Waals surface area contributed by atoms with Crippen molar-refractivity contribution in [2.75, 3.05) is 0 Å². The number of nitrogens with zero attached hydrogens (tertiary/aromatic N) is 3. The summed E-state index contributed by atoms with van der Waals surface area (Å²) >= 11 is 0. The summed E-state index contributed by atoms with van der Waals surface area (Å²) in [5.74, 6) is 1.27. The smallest absolute Gasteiger partial charge is 0.230 e. The van der Waals surface area contributed by atoms with Crippen molar-refractivity contribution < 1.29 is 9.15 Å². The SMILES string of the molecule is Cc1cc(Oc2nccc3occc23)ccc1-c1c(C)cnnc1C. The molecule has 4 aromatic rings. The van der Waals surface area contributed by atoms with Crippen LogP contribution in [-0.2, 0) is 0 Å². The highest BCUT2D eigenvalue weighted by Crippen LogP contribution is 2.33. The van der Waals surface area contributed by atoms with Crippen LogP contribution < -0.4 is 4.74 Å². The molecule has 4 rings (SSSR count). The molecule has 0 amide bonds. The predicted molar refractivity (Wildman–Crippen MR) is 95.8 cm³/mol. The first-order chi connectivity index (χ1) is 12.1. The van der Waals surface area contributed by atoms with Crippen LogP contribution >= 0.6 is 0 Å². The molecule has 0 bridgehead atoms. The fourth-order valence-corrected chi connectivity index (χ4v) is 3.05. The summed E-state index contributed by atoms with van der Waals surface area (Å²) < 4.78 is 11.4. The molecule has 0 saturated heterocycles. The molecule has 0 fully saturated rings. The van der Waals surface area contributed by atoms with Crippen molar-refractivity contribution in [1.29, 1.82) is 0 Å². The van der Waals surface area contributed by atoms with E-state index in [1.807, 2.05) is 38.1 Å². The van der Waals surface area contributed by atoms with Crippen LogP contribution in [0.3, 0.4) is 0 Å². The Bertz CT molecular complexity index is 1050. The lowest BCUT2D eigenvalue weighted by Gasteiger charge is -2.13. The lowest BCUT2D eigenvalue weighted by molar-refractivity contribution is 0.468. The van der Waals surface area contributed by atoms with E-state index in [4.69, 9.17) is 9.15 Å². The van der Waals surface area contributed by atoms with Gasteiger partial charge in [0, 0.05) is 11.8 Å². The minimum Gasteiger partial charge on any atom is -0.464 e. The first-order valence-corrected chi connectivity index (χ1v) is 8.03. The molecule has 5 heteroatoms. The highest BCUT2D eigenvalue weighted by Gasteiger charge is 2.12. The van der Waals surface area contributed by atoms with Gasteiger partial charge in [-0.05, 0) is 61.7 Å². The normalized spacial score (nSPS) is 11.0. The minimum absolute atomic E-state index is 0.538. The van der Waals surface area contributed by atoms with Gasteiger partial charge in [0.1, 0.15) is 11.3 Å². The second-order valence-electron chi connectivity index (χ2n) is 6.02. The van der Waals surface area contributed by atoms with E-state index in [0.717, 1.165) is 44.7 Å². The molecule has 5 nitrogen and oxygen atoms in total. The summed E-state index contributed by atoms with van der Waals surface area (Å²) in [4.78, 5) is 4.31. The fraction of sp³-hybridized carbons (Fsp3) is 0.150. The van der Waals surface area contributed by atoms with E-state index in [0.29, 0.717) is 5.88 Å². The van der Waals surface area contributed by atoms with Gasteiger partial charge in [-0.25, -0.2) is 4.98 Å². The molecule has 3 heterocycles. The third-order valence-electron chi connectivity index (χ3n) is 4.24. The molecule has 124 valence electrons. The largest absolute Gasteiger partial charge is 0.464 e. The Balaban J connectivity index is 1.72. The maximum absolute atomic E-state index is 5.98. The van der Waals surface area contributed by atoms with Crippen LogP contribution in [0.2, 0.25) is 0 Å². The summed E-state index contributed by atoms with van der Waals surface area (Å²) in [5.41, 5.74) is 6.14. The maximum Gasteiger partial charge on any atom is 0.230 e. The van der Waals surface area contributed by atoms with Crippen molar-refractivity contribution in [3.63, 3.8) is 0 Å². The van der Waals surface area contributed by atoms with Crippen LogP contribution in [0.15, 0.2) is 53.4 Å². The second-order valence-corrected chi connectivity index (χ2v) is 6.02. The van der Waals surface area contributed by atoms with E-state index in [1.165, 1.54) is 0 Å². The van der Waals surface area contributed by atoms with Crippen LogP contribution in [0.25, 0.3) is 22.1 Å². The zero-order valence-corrected chi connectivity index (χ0v) is 14.3. The molecular formula is C20H17N3O2. The predicted octanol–water partition coefficient (Wildman–Crippen LogP) is 5.00. The van der Waals surface area contributed by atoms with E-state index in [-0.39, 0.29) is 0 Å². The van der Waals surface area contributed by atoms with Crippen molar-refractivity contribution >= 4 is 11.0 Å². The van der Waals surface area contributed by atoms with E-state index in [9.17, 15) is 0 Å². The number of hydrogen-bond acceptors (Lipinski definition) is 5. The van der Waals surface area contributed by atoms with Gasteiger partial charge >= 0.3 is 0 Å². The standard InChI is InChI=1S/C20H17N3O2/c1-12-10-15(25-20-17-7-9-24-18(17)6-8-21-20)4-5-16(12)19-13(2)11-22-23-14(19)3/h4-11H,1-3H3. The Morgan fingerprint density at radius 3 is 2.68 bits per heavy atom. The Kier molecular flexibility index (Phi) is 3.69. The number of aromatic nitrogens is 3. The summed E-state index contributed by atoms with van der Waals surface area (Å²) in [6, 6.07) is 9.68. The molecule has 0 N–H and O–H groups in total. The third kappa shape index (κ3) is 2.74. The van der Waals surface area contributed by atoms with Crippen LogP contribution in [0.4, 0.5) is 0 Å². The number of furan rings is 1. The lowest BCUT2D eigenvalue weighted by atomic mass is 9.96. The van der Waals surface area contributed by atoms with Gasteiger partial charge in [0.2, 0.25) is 5.88 Å². The fourth-order valence-electron chi connectivity index (χ4n) is 3.05. The van der Waals surface area contributed by atoms with Gasteiger partial charge in [0.05, 0.1) is 23.5 Å². The number of fused-ring (bicyclic) bond motifs is 1. The van der Waals surface area contributed by atoms with E-state index >= 15 is 0 Å². The Hall–Kier alpha value is -3.21. The monoisotopic (exact) mass is 331 g/mol. The molecule has 0 saturated carbocycles. The second kappa shape index (κ2) is 6.02. The maximum atomic E-state index is 5.98. The summed E-state index contributed by atoms with van der Waals surface area (Å²) in [7, 11) is 0. The van der Waals surface area contributed by atoms with Crippen molar-refractivity contribution in [3.8, 4) is 22.8 Å². The number of aryl methyl sites for hydroxylation is 3. The Labute approximate surface area is 145 Å². The van der Waals surface area contributed by atoms with Gasteiger partial charge < -0.3 is 9.15 Å². The van der Waals surface area contributed by atoms with Crippen molar-refractivity contribution in [2.24, 2.45) is 0 Å². The molecule has 0 aliphatic heterocycles. The molecule has 0 unspecified atom stereocenters. The average molecular weight is 331 g/mol. The molecular weight excluding hydrogens is 314 g/mol. The van der Waals surface area contributed by atoms with Crippen molar-refractivity contribution in [1.82, 2.24) is 15.2 Å². The molecule has 3 aromatic heterocycles. The average Bonchev–Trinajstić information content (AvgIpc) is 3.06. The molecule has 0 aliphatic rings. The lowest BCUT2D eigenvalue weighted by Crippen LogP contribution is -1.96. The molecule has 1 aromatic carbocycles. The highest BCUT2D eigenvalue weighted by atomic mass is 16.5. The Morgan fingerprint density at radius 2 is 1.88 bits per heavy atom. The van der Waals surface area contributed by atoms with Gasteiger partial charge in [-0.1, -0.05) is 6.07 Å². The molecule has 0 radical (unpaired) electrons. The summed E-state index contributed by atoms with van der Waals surface area (Å²) in [6.07, 6.45) is 5.10. The van der Waals surface area contributed by atoms with Gasteiger partial charge in [-0.2, -0.15) is 10.2 Å². The molecule has 0 atom stereocenters. The van der Waals surface area contributed by atoms with E-state index in [2.05, 4.69) is 28.2 Å². The van der Waals surface area contributed by atoms with Gasteiger partial charge in [-0.15, -0.1) is 0 Å². The van der Waals surface area contributed by atoms with Gasteiger partial charge in [0.15, 0.2) is 0 Å². The van der Waals surface area contributed by atoms with Crippen LogP contribution in [-0.4, -0.2) is 15.2 Å². The summed E-state index contributed by atoms with van der Waals surface area (Å²) in [6.45, 7) is 6.08. The first kappa shape index (κ1) is 15.3. The van der Waals surface area contributed by atoms with E-state index in [1.54, 1.807) is 18.7 Å².